The molecule has 0 saturated carbocycles. The molecule has 0 aliphatic heterocycles. The van der Waals surface area contributed by atoms with Crippen LogP contribution in [0.15, 0.2) is 36.0 Å². The quantitative estimate of drug-likeness (QED) is 0.807. The summed E-state index contributed by atoms with van der Waals surface area (Å²) in [6.07, 6.45) is 0.640. The molecule has 1 N–H and O–H groups in total. The smallest absolute Gasteiger partial charge is 0.409 e. The van der Waals surface area contributed by atoms with Crippen LogP contribution in [0.4, 0.5) is 0 Å². The van der Waals surface area contributed by atoms with Gasteiger partial charge in [0.1, 0.15) is 0 Å². The van der Waals surface area contributed by atoms with E-state index in [1.807, 2.05) is 55.8 Å². The van der Waals surface area contributed by atoms with Crippen molar-refractivity contribution in [3.63, 3.8) is 0 Å². The molecule has 0 unspecified atom stereocenters. The standard InChI is InChI=1S/C16H16N4O/c1-10-13-12(9-16(2,3)15(18-17)14(13)21)20(19-10)11-7-5-4-6-8-11/h4-8H,9H2,1-3H3/p+1. The van der Waals surface area contributed by atoms with Gasteiger partial charge < -0.3 is 5.11 Å². The molecule has 0 radical (unpaired) electrons. The van der Waals surface area contributed by atoms with Crippen molar-refractivity contribution in [2.24, 2.45) is 5.41 Å². The maximum atomic E-state index is 10.5. The fourth-order valence-electron chi connectivity index (χ4n) is 2.95. The van der Waals surface area contributed by atoms with Gasteiger partial charge in [-0.25, -0.2) is 4.68 Å². The van der Waals surface area contributed by atoms with Crippen LogP contribution in [0.1, 0.15) is 30.8 Å². The Bertz CT molecular complexity index is 779. The first-order valence-electron chi connectivity index (χ1n) is 6.89. The lowest BCUT2D eigenvalue weighted by Crippen LogP contribution is -2.24. The monoisotopic (exact) mass is 281 g/mol. The predicted octanol–water partition coefficient (Wildman–Crippen LogP) is 3.84. The van der Waals surface area contributed by atoms with E-state index in [0.717, 1.165) is 17.1 Å². The summed E-state index contributed by atoms with van der Waals surface area (Å²) in [4.78, 5) is 3.30. The second-order valence-electron chi connectivity index (χ2n) is 6.01. The highest BCUT2D eigenvalue weighted by atomic mass is 16.3. The zero-order chi connectivity index (χ0) is 15.2. The maximum Gasteiger partial charge on any atom is 0.409 e. The van der Waals surface area contributed by atoms with E-state index in [2.05, 4.69) is 10.1 Å². The molecule has 21 heavy (non-hydrogen) atoms. The van der Waals surface area contributed by atoms with E-state index >= 15 is 0 Å². The minimum Gasteiger partial charge on any atom is -0.501 e. The van der Waals surface area contributed by atoms with Gasteiger partial charge in [-0.15, -0.1) is 0 Å². The molecule has 5 nitrogen and oxygen atoms in total. The van der Waals surface area contributed by atoms with E-state index in [4.69, 9.17) is 0 Å². The van der Waals surface area contributed by atoms with Gasteiger partial charge in [-0.05, 0) is 32.9 Å². The molecule has 5 heteroatoms. The Morgan fingerprint density at radius 2 is 1.95 bits per heavy atom. The zero-order valence-corrected chi connectivity index (χ0v) is 12.3. The highest BCUT2D eigenvalue weighted by Gasteiger charge is 2.46. The van der Waals surface area contributed by atoms with Gasteiger partial charge >= 0.3 is 5.70 Å². The van der Waals surface area contributed by atoms with E-state index < -0.39 is 5.41 Å². The summed E-state index contributed by atoms with van der Waals surface area (Å²) in [5.74, 6) is 0.0171. The van der Waals surface area contributed by atoms with Crippen molar-refractivity contribution >= 4 is 5.76 Å². The van der Waals surface area contributed by atoms with Gasteiger partial charge in [0.15, 0.2) is 4.98 Å². The predicted molar refractivity (Wildman–Crippen MR) is 80.4 cm³/mol. The average Bonchev–Trinajstić information content (AvgIpc) is 2.76. The van der Waals surface area contributed by atoms with E-state index in [1.54, 1.807) is 0 Å². The van der Waals surface area contributed by atoms with Crippen molar-refractivity contribution < 1.29 is 5.11 Å². The summed E-state index contributed by atoms with van der Waals surface area (Å²) in [6, 6.07) is 9.82. The third kappa shape index (κ3) is 1.91. The summed E-state index contributed by atoms with van der Waals surface area (Å²) in [6.45, 7) is 5.74. The minimum atomic E-state index is -0.454. The van der Waals surface area contributed by atoms with Crippen LogP contribution >= 0.6 is 0 Å². The van der Waals surface area contributed by atoms with Gasteiger partial charge in [0, 0.05) is 6.42 Å². The van der Waals surface area contributed by atoms with Crippen molar-refractivity contribution in [3.05, 3.63) is 58.0 Å². The van der Waals surface area contributed by atoms with Gasteiger partial charge in [0.2, 0.25) is 11.2 Å². The third-order valence-corrected chi connectivity index (χ3v) is 3.97. The molecule has 0 amide bonds. The molecule has 1 aromatic carbocycles. The number of aromatic nitrogens is 2. The van der Waals surface area contributed by atoms with Crippen LogP contribution in [0.3, 0.4) is 0 Å². The van der Waals surface area contributed by atoms with Crippen molar-refractivity contribution in [2.75, 3.05) is 0 Å². The second kappa shape index (κ2) is 4.45. The Kier molecular flexibility index (Phi) is 2.84. The number of aliphatic hydroxyl groups excluding tert-OH is 1. The molecule has 1 aliphatic rings. The molecule has 1 aromatic heterocycles. The number of para-hydroxylation sites is 1. The van der Waals surface area contributed by atoms with Gasteiger partial charge in [-0.3, -0.25) is 0 Å². The number of hydrogen-bond acceptors (Lipinski definition) is 3. The van der Waals surface area contributed by atoms with Gasteiger partial charge in [0.05, 0.1) is 28.1 Å². The molecule has 0 atom stereocenters. The SMILES string of the molecule is Cc1nn(-c2ccccc2)c2c1C(O)=C([N+]#N)C(C)(C)C2. The first-order valence-corrected chi connectivity index (χ1v) is 6.89. The lowest BCUT2D eigenvalue weighted by Gasteiger charge is -2.23. The second-order valence-corrected chi connectivity index (χ2v) is 6.01. The summed E-state index contributed by atoms with van der Waals surface area (Å²) in [5.41, 5.74) is 3.15. The summed E-state index contributed by atoms with van der Waals surface area (Å²) in [7, 11) is 0. The van der Waals surface area contributed by atoms with Crippen molar-refractivity contribution in [1.29, 1.82) is 5.39 Å². The highest BCUT2D eigenvalue weighted by molar-refractivity contribution is 5.71. The average molecular weight is 281 g/mol. The van der Waals surface area contributed by atoms with Crippen LogP contribution in [0, 0.1) is 17.7 Å². The number of benzene rings is 1. The fourth-order valence-corrected chi connectivity index (χ4v) is 2.95. The van der Waals surface area contributed by atoms with Gasteiger partial charge in [-0.2, -0.15) is 5.10 Å². The van der Waals surface area contributed by atoms with Crippen LogP contribution in [-0.4, -0.2) is 14.9 Å². The molecule has 1 aliphatic carbocycles. The Morgan fingerprint density at radius 3 is 2.57 bits per heavy atom. The van der Waals surface area contributed by atoms with E-state index in [1.165, 1.54) is 0 Å². The first kappa shape index (κ1) is 13.4. The number of aliphatic hydroxyl groups is 1. The van der Waals surface area contributed by atoms with Crippen LogP contribution in [-0.2, 0) is 6.42 Å². The number of fused-ring (bicyclic) bond motifs is 1. The van der Waals surface area contributed by atoms with Crippen molar-refractivity contribution in [1.82, 2.24) is 9.78 Å². The van der Waals surface area contributed by atoms with E-state index in [0.29, 0.717) is 17.7 Å². The van der Waals surface area contributed by atoms with Crippen LogP contribution < -0.4 is 0 Å². The van der Waals surface area contributed by atoms with E-state index in [9.17, 15) is 10.5 Å². The third-order valence-electron chi connectivity index (χ3n) is 3.97. The van der Waals surface area contributed by atoms with Crippen molar-refractivity contribution in [2.45, 2.75) is 27.2 Å². The van der Waals surface area contributed by atoms with Crippen molar-refractivity contribution in [3.8, 4) is 5.69 Å². The Hall–Kier alpha value is -2.61. The molecule has 1 heterocycles. The van der Waals surface area contributed by atoms with Gasteiger partial charge in [0.25, 0.3) is 0 Å². The molecule has 0 saturated heterocycles. The normalized spacial score (nSPS) is 16.5. The molecular weight excluding hydrogens is 264 g/mol. The zero-order valence-electron chi connectivity index (χ0n) is 12.3. The minimum absolute atomic E-state index is 0.0171. The number of diazo groups is 1. The number of aryl methyl sites for hydroxylation is 1. The largest absolute Gasteiger partial charge is 0.501 e. The number of hydrogen-bond donors (Lipinski definition) is 1. The lowest BCUT2D eigenvalue weighted by molar-refractivity contribution is 0.402. The molecule has 0 bridgehead atoms. The molecule has 3 rings (SSSR count). The highest BCUT2D eigenvalue weighted by Crippen LogP contribution is 2.43. The summed E-state index contributed by atoms with van der Waals surface area (Å²) < 4.78 is 1.86. The molecule has 0 fully saturated rings. The topological polar surface area (TPSA) is 66.2 Å². The Morgan fingerprint density at radius 1 is 1.29 bits per heavy atom. The summed E-state index contributed by atoms with van der Waals surface area (Å²) >= 11 is 0. The van der Waals surface area contributed by atoms with E-state index in [-0.39, 0.29) is 5.76 Å². The molecule has 106 valence electrons. The number of nitrogens with zero attached hydrogens (tertiary/aromatic N) is 4. The number of allylic oxidation sites excluding steroid dienone is 1. The molecular formula is C16H17N4O+. The number of rotatable bonds is 1. The Balaban J connectivity index is 2.28. The van der Waals surface area contributed by atoms with Crippen LogP contribution in [0.5, 0.6) is 0 Å². The summed E-state index contributed by atoms with van der Waals surface area (Å²) in [5, 5.41) is 24.2. The lowest BCUT2D eigenvalue weighted by atomic mass is 9.78. The Labute approximate surface area is 123 Å². The fraction of sp³-hybridized carbons (Fsp3) is 0.312. The first-order chi connectivity index (χ1) is 9.95. The van der Waals surface area contributed by atoms with Crippen LogP contribution in [0.25, 0.3) is 16.4 Å². The molecule has 0 spiro atoms. The van der Waals surface area contributed by atoms with Crippen LogP contribution in [0.2, 0.25) is 0 Å². The maximum absolute atomic E-state index is 10.5. The molecule has 2 aromatic rings. The van der Waals surface area contributed by atoms with Gasteiger partial charge in [-0.1, -0.05) is 18.2 Å².